The van der Waals surface area contributed by atoms with Gasteiger partial charge in [-0.3, -0.25) is 9.69 Å². The number of ether oxygens (including phenoxy) is 1. The Labute approximate surface area is 174 Å². The molecule has 7 nitrogen and oxygen atoms in total. The van der Waals surface area contributed by atoms with Gasteiger partial charge in [-0.25, -0.2) is 9.97 Å². The summed E-state index contributed by atoms with van der Waals surface area (Å²) in [4.78, 5) is 26.8. The number of piperazine rings is 1. The normalized spacial score (nSPS) is 15.0. The average molecular weight is 412 g/mol. The third kappa shape index (κ3) is 4.24. The summed E-state index contributed by atoms with van der Waals surface area (Å²) in [6.45, 7) is 4.11. The molecule has 8 heteroatoms. The Hall–Kier alpha value is -2.55. The highest BCUT2D eigenvalue weighted by Gasteiger charge is 2.24. The Morgan fingerprint density at radius 1 is 1.17 bits per heavy atom. The van der Waals surface area contributed by atoms with Crippen LogP contribution < -0.4 is 10.2 Å². The predicted molar refractivity (Wildman–Crippen MR) is 116 cm³/mol. The van der Waals surface area contributed by atoms with Gasteiger partial charge in [0.2, 0.25) is 5.91 Å². The minimum Gasteiger partial charge on any atom is -0.377 e. The number of hydrogen-bond acceptors (Lipinski definition) is 7. The molecule has 0 aliphatic carbocycles. The summed E-state index contributed by atoms with van der Waals surface area (Å²) in [7, 11) is 3.34. The molecule has 0 saturated carbocycles. The molecule has 0 bridgehead atoms. The molecule has 1 saturated heterocycles. The van der Waals surface area contributed by atoms with E-state index in [1.54, 1.807) is 25.5 Å². The smallest absolute Gasteiger partial charge is 0.233 e. The molecular formula is C21H25N5O2S. The first-order valence-corrected chi connectivity index (χ1v) is 10.6. The molecule has 3 aromatic rings. The van der Waals surface area contributed by atoms with Gasteiger partial charge < -0.3 is 15.0 Å². The molecule has 152 valence electrons. The van der Waals surface area contributed by atoms with Gasteiger partial charge >= 0.3 is 0 Å². The van der Waals surface area contributed by atoms with Crippen LogP contribution in [0.3, 0.4) is 0 Å². The number of likely N-dealkylation sites (N-methyl/N-ethyl adjacent to an activating group) is 1. The first kappa shape index (κ1) is 19.8. The van der Waals surface area contributed by atoms with Crippen molar-refractivity contribution in [3.8, 4) is 11.1 Å². The molecule has 1 aliphatic heterocycles. The first-order valence-electron chi connectivity index (χ1n) is 9.70. The van der Waals surface area contributed by atoms with Gasteiger partial charge in [-0.05, 0) is 5.56 Å². The SMILES string of the molecule is CNC(=O)CN1CCN(c2nc(COC)nc3scc(-c4ccccc4)c23)CC1. The number of aromatic nitrogens is 2. The average Bonchev–Trinajstić information content (AvgIpc) is 3.18. The lowest BCUT2D eigenvalue weighted by Crippen LogP contribution is -2.49. The zero-order valence-corrected chi connectivity index (χ0v) is 17.5. The van der Waals surface area contributed by atoms with Gasteiger partial charge in [0.05, 0.1) is 11.9 Å². The number of nitrogens with zero attached hydrogens (tertiary/aromatic N) is 4. The topological polar surface area (TPSA) is 70.6 Å². The van der Waals surface area contributed by atoms with Gasteiger partial charge in [-0.1, -0.05) is 30.3 Å². The Bertz CT molecular complexity index is 983. The standard InChI is InChI=1S/C21H25N5O2S/c1-22-18(27)12-25-8-10-26(11-9-25)20-19-16(15-6-4-3-5-7-15)14-29-21(19)24-17(23-20)13-28-2/h3-7,14H,8-13H2,1-2H3,(H,22,27). The van der Waals surface area contributed by atoms with E-state index in [0.717, 1.165) is 47.8 Å². The lowest BCUT2D eigenvalue weighted by Gasteiger charge is -2.35. The zero-order valence-electron chi connectivity index (χ0n) is 16.7. The van der Waals surface area contributed by atoms with E-state index >= 15 is 0 Å². The van der Waals surface area contributed by atoms with Crippen LogP contribution in [0.5, 0.6) is 0 Å². The van der Waals surface area contributed by atoms with E-state index in [9.17, 15) is 4.79 Å². The molecule has 1 amide bonds. The van der Waals surface area contributed by atoms with E-state index < -0.39 is 0 Å². The second kappa shape index (κ2) is 8.86. The van der Waals surface area contributed by atoms with Crippen LogP contribution >= 0.6 is 11.3 Å². The van der Waals surface area contributed by atoms with Gasteiger partial charge in [0, 0.05) is 51.3 Å². The summed E-state index contributed by atoms with van der Waals surface area (Å²) in [5, 5.41) is 5.96. The number of carbonyl (C=O) groups excluding carboxylic acids is 1. The van der Waals surface area contributed by atoms with Crippen molar-refractivity contribution >= 4 is 33.3 Å². The molecule has 1 aliphatic rings. The molecular weight excluding hydrogens is 386 g/mol. The van der Waals surface area contributed by atoms with Crippen LogP contribution in [0.1, 0.15) is 5.82 Å². The summed E-state index contributed by atoms with van der Waals surface area (Å²) < 4.78 is 5.29. The molecule has 29 heavy (non-hydrogen) atoms. The number of benzene rings is 1. The largest absolute Gasteiger partial charge is 0.377 e. The second-order valence-corrected chi connectivity index (χ2v) is 7.89. The van der Waals surface area contributed by atoms with E-state index in [1.807, 2.05) is 6.07 Å². The molecule has 2 aromatic heterocycles. The molecule has 1 N–H and O–H groups in total. The number of nitrogens with one attached hydrogen (secondary N) is 1. The van der Waals surface area contributed by atoms with E-state index in [0.29, 0.717) is 19.0 Å². The molecule has 1 fully saturated rings. The molecule has 3 heterocycles. The Kier molecular flexibility index (Phi) is 6.03. The van der Waals surface area contributed by atoms with Crippen molar-refractivity contribution in [3.05, 3.63) is 41.5 Å². The number of rotatable bonds is 6. The number of amides is 1. The summed E-state index contributed by atoms with van der Waals surface area (Å²) in [5.74, 6) is 1.71. The quantitative estimate of drug-likeness (QED) is 0.672. The molecule has 0 spiro atoms. The molecule has 1 aromatic carbocycles. The van der Waals surface area contributed by atoms with Crippen LogP contribution in [0.2, 0.25) is 0 Å². The van der Waals surface area contributed by atoms with Crippen molar-refractivity contribution in [1.29, 1.82) is 0 Å². The minimum atomic E-state index is 0.0504. The van der Waals surface area contributed by atoms with Crippen molar-refractivity contribution in [2.75, 3.05) is 51.8 Å². The van der Waals surface area contributed by atoms with Crippen LogP contribution in [0.4, 0.5) is 5.82 Å². The number of methoxy groups -OCH3 is 1. The molecule has 0 unspecified atom stereocenters. The highest BCUT2D eigenvalue weighted by molar-refractivity contribution is 7.17. The van der Waals surface area contributed by atoms with Crippen molar-refractivity contribution in [3.63, 3.8) is 0 Å². The Morgan fingerprint density at radius 3 is 2.62 bits per heavy atom. The summed E-state index contributed by atoms with van der Waals surface area (Å²) >= 11 is 1.64. The maximum Gasteiger partial charge on any atom is 0.233 e. The number of fused-ring (bicyclic) bond motifs is 1. The number of anilines is 1. The van der Waals surface area contributed by atoms with E-state index in [2.05, 4.69) is 44.8 Å². The monoisotopic (exact) mass is 411 g/mol. The molecule has 0 radical (unpaired) electrons. The Balaban J connectivity index is 1.69. The van der Waals surface area contributed by atoms with Gasteiger partial charge in [-0.15, -0.1) is 11.3 Å². The minimum absolute atomic E-state index is 0.0504. The van der Waals surface area contributed by atoms with Gasteiger partial charge in [0.25, 0.3) is 0 Å². The number of thiophene rings is 1. The maximum absolute atomic E-state index is 11.7. The third-order valence-corrected chi connectivity index (χ3v) is 6.01. The number of carbonyl (C=O) groups is 1. The zero-order chi connectivity index (χ0) is 20.2. The fraction of sp³-hybridized carbons (Fsp3) is 0.381. The molecule has 4 rings (SSSR count). The van der Waals surface area contributed by atoms with Crippen LogP contribution in [0.25, 0.3) is 21.3 Å². The maximum atomic E-state index is 11.7. The van der Waals surface area contributed by atoms with Crippen molar-refractivity contribution < 1.29 is 9.53 Å². The molecule has 0 atom stereocenters. The van der Waals surface area contributed by atoms with Crippen molar-refractivity contribution in [2.24, 2.45) is 0 Å². The van der Waals surface area contributed by atoms with Crippen LogP contribution in [0.15, 0.2) is 35.7 Å². The van der Waals surface area contributed by atoms with Crippen LogP contribution in [0, 0.1) is 0 Å². The fourth-order valence-corrected chi connectivity index (χ4v) is 4.58. The van der Waals surface area contributed by atoms with E-state index in [1.165, 1.54) is 5.56 Å². The van der Waals surface area contributed by atoms with E-state index in [-0.39, 0.29) is 5.91 Å². The van der Waals surface area contributed by atoms with Crippen molar-refractivity contribution in [1.82, 2.24) is 20.2 Å². The Morgan fingerprint density at radius 2 is 1.93 bits per heavy atom. The summed E-state index contributed by atoms with van der Waals surface area (Å²) in [5.41, 5.74) is 2.33. The highest BCUT2D eigenvalue weighted by atomic mass is 32.1. The predicted octanol–water partition coefficient (Wildman–Crippen LogP) is 2.37. The lowest BCUT2D eigenvalue weighted by molar-refractivity contribution is -0.121. The lowest BCUT2D eigenvalue weighted by atomic mass is 10.1. The van der Waals surface area contributed by atoms with Crippen molar-refractivity contribution in [2.45, 2.75) is 6.61 Å². The van der Waals surface area contributed by atoms with Crippen LogP contribution in [-0.2, 0) is 16.1 Å². The second-order valence-electron chi connectivity index (χ2n) is 7.03. The third-order valence-electron chi connectivity index (χ3n) is 5.14. The number of hydrogen-bond donors (Lipinski definition) is 1. The van der Waals surface area contributed by atoms with Gasteiger partial charge in [-0.2, -0.15) is 0 Å². The fourth-order valence-electron chi connectivity index (χ4n) is 3.62. The summed E-state index contributed by atoms with van der Waals surface area (Å²) in [6, 6.07) is 10.4. The highest BCUT2D eigenvalue weighted by Crippen LogP contribution is 2.38. The van der Waals surface area contributed by atoms with Gasteiger partial charge in [0.15, 0.2) is 5.82 Å². The van der Waals surface area contributed by atoms with Gasteiger partial charge in [0.1, 0.15) is 17.3 Å². The first-order chi connectivity index (χ1) is 14.2. The van der Waals surface area contributed by atoms with E-state index in [4.69, 9.17) is 14.7 Å². The summed E-state index contributed by atoms with van der Waals surface area (Å²) in [6.07, 6.45) is 0. The van der Waals surface area contributed by atoms with Crippen LogP contribution in [-0.4, -0.2) is 67.7 Å².